The summed E-state index contributed by atoms with van der Waals surface area (Å²) < 4.78 is 13.4. The summed E-state index contributed by atoms with van der Waals surface area (Å²) in [5.74, 6) is -0.0304. The minimum atomic E-state index is -0.514. The summed E-state index contributed by atoms with van der Waals surface area (Å²) in [7, 11) is 0. The van der Waals surface area contributed by atoms with Crippen LogP contribution in [0.4, 0.5) is 10.1 Å². The van der Waals surface area contributed by atoms with Gasteiger partial charge in [0.25, 0.3) is 5.69 Å². The molecule has 3 nitrogen and oxygen atoms in total. The molecule has 94 valence electrons. The standard InChI is InChI=1S/C10H10BrClFNO2S/c1-6(2-3-12)17-10-5-8(13)7(11)4-9(10)14(15)16/h4-6H,2-3H2,1H3. The molecule has 0 heterocycles. The van der Waals surface area contributed by atoms with Crippen molar-refractivity contribution in [1.82, 2.24) is 0 Å². The zero-order chi connectivity index (χ0) is 13.0. The van der Waals surface area contributed by atoms with E-state index >= 15 is 0 Å². The molecular weight excluding hydrogens is 333 g/mol. The fraction of sp³-hybridized carbons (Fsp3) is 0.400. The molecule has 0 N–H and O–H groups in total. The maximum Gasteiger partial charge on any atom is 0.284 e. The van der Waals surface area contributed by atoms with Crippen molar-refractivity contribution >= 4 is 45.0 Å². The lowest BCUT2D eigenvalue weighted by Gasteiger charge is -2.10. The zero-order valence-corrected chi connectivity index (χ0v) is 12.1. The van der Waals surface area contributed by atoms with Crippen molar-refractivity contribution in [2.75, 3.05) is 5.88 Å². The Morgan fingerprint density at radius 2 is 2.29 bits per heavy atom. The lowest BCUT2D eigenvalue weighted by atomic mass is 10.3. The van der Waals surface area contributed by atoms with E-state index in [1.54, 1.807) is 0 Å². The predicted octanol–water partition coefficient (Wildman–Crippen LogP) is 4.61. The first-order chi connectivity index (χ1) is 7.95. The van der Waals surface area contributed by atoms with E-state index in [0.717, 1.165) is 0 Å². The molecule has 0 bridgehead atoms. The molecule has 0 radical (unpaired) electrons. The molecule has 0 spiro atoms. The largest absolute Gasteiger partial charge is 0.284 e. The minimum absolute atomic E-state index is 0.0929. The number of hydrogen-bond donors (Lipinski definition) is 0. The topological polar surface area (TPSA) is 43.1 Å². The number of nitro benzene ring substituents is 1. The van der Waals surface area contributed by atoms with Crippen molar-refractivity contribution < 1.29 is 9.31 Å². The van der Waals surface area contributed by atoms with Crippen molar-refractivity contribution in [3.63, 3.8) is 0 Å². The average Bonchev–Trinajstić information content (AvgIpc) is 2.23. The predicted molar refractivity (Wildman–Crippen MR) is 71.4 cm³/mol. The molecule has 1 aromatic carbocycles. The highest BCUT2D eigenvalue weighted by atomic mass is 79.9. The number of nitrogens with zero attached hydrogens (tertiary/aromatic N) is 1. The van der Waals surface area contributed by atoms with Gasteiger partial charge in [-0.2, -0.15) is 0 Å². The highest BCUT2D eigenvalue weighted by molar-refractivity contribution is 9.10. The number of benzene rings is 1. The SMILES string of the molecule is CC(CCCl)Sc1cc(F)c(Br)cc1[N+](=O)[O-]. The second kappa shape index (κ2) is 6.56. The van der Waals surface area contributed by atoms with E-state index in [-0.39, 0.29) is 15.4 Å². The summed E-state index contributed by atoms with van der Waals surface area (Å²) >= 11 is 9.79. The molecule has 1 unspecified atom stereocenters. The summed E-state index contributed by atoms with van der Waals surface area (Å²) in [6.45, 7) is 1.90. The first-order valence-electron chi connectivity index (χ1n) is 4.81. The van der Waals surface area contributed by atoms with E-state index in [9.17, 15) is 14.5 Å². The van der Waals surface area contributed by atoms with Crippen molar-refractivity contribution in [3.8, 4) is 0 Å². The summed E-state index contributed by atoms with van der Waals surface area (Å²) in [6.07, 6.45) is 0.709. The number of halogens is 3. The Balaban J connectivity index is 3.04. The van der Waals surface area contributed by atoms with E-state index in [4.69, 9.17) is 11.6 Å². The molecule has 0 aromatic heterocycles. The molecule has 17 heavy (non-hydrogen) atoms. The third kappa shape index (κ3) is 4.12. The Hall–Kier alpha value is -0.330. The lowest BCUT2D eigenvalue weighted by Crippen LogP contribution is -1.99. The quantitative estimate of drug-likeness (QED) is 0.340. The molecule has 0 amide bonds. The molecule has 1 aromatic rings. The molecule has 0 aliphatic carbocycles. The molecule has 0 aliphatic rings. The summed E-state index contributed by atoms with van der Waals surface area (Å²) in [4.78, 5) is 10.7. The monoisotopic (exact) mass is 341 g/mol. The average molecular weight is 343 g/mol. The van der Waals surface area contributed by atoms with Crippen LogP contribution < -0.4 is 0 Å². The lowest BCUT2D eigenvalue weighted by molar-refractivity contribution is -0.387. The van der Waals surface area contributed by atoms with Crippen LogP contribution in [0, 0.1) is 15.9 Å². The van der Waals surface area contributed by atoms with Crippen LogP contribution in [0.3, 0.4) is 0 Å². The van der Waals surface area contributed by atoms with Crippen LogP contribution in [-0.2, 0) is 0 Å². The van der Waals surface area contributed by atoms with E-state index in [1.807, 2.05) is 6.92 Å². The van der Waals surface area contributed by atoms with Gasteiger partial charge in [-0.15, -0.1) is 23.4 Å². The normalized spacial score (nSPS) is 12.5. The van der Waals surface area contributed by atoms with Crippen LogP contribution >= 0.6 is 39.3 Å². The second-order valence-corrected chi connectivity index (χ2v) is 6.11. The van der Waals surface area contributed by atoms with Crippen LogP contribution in [-0.4, -0.2) is 16.1 Å². The van der Waals surface area contributed by atoms with Crippen LogP contribution in [0.25, 0.3) is 0 Å². The number of thioether (sulfide) groups is 1. The fourth-order valence-electron chi connectivity index (χ4n) is 1.18. The van der Waals surface area contributed by atoms with Crippen molar-refractivity contribution in [2.45, 2.75) is 23.5 Å². The molecule has 1 atom stereocenters. The molecule has 7 heteroatoms. The van der Waals surface area contributed by atoms with Gasteiger partial charge in [0, 0.05) is 17.2 Å². The van der Waals surface area contributed by atoms with Crippen molar-refractivity contribution in [1.29, 1.82) is 0 Å². The van der Waals surface area contributed by atoms with Crippen molar-refractivity contribution in [3.05, 3.63) is 32.5 Å². The maximum absolute atomic E-state index is 13.4. The van der Waals surface area contributed by atoms with Gasteiger partial charge in [0.15, 0.2) is 0 Å². The van der Waals surface area contributed by atoms with E-state index in [0.29, 0.717) is 17.2 Å². The van der Waals surface area contributed by atoms with Gasteiger partial charge in [0.05, 0.1) is 14.3 Å². The Morgan fingerprint density at radius 3 is 2.82 bits per heavy atom. The first-order valence-corrected chi connectivity index (χ1v) is 7.02. The van der Waals surface area contributed by atoms with E-state index in [2.05, 4.69) is 15.9 Å². The number of rotatable bonds is 5. The van der Waals surface area contributed by atoms with Crippen molar-refractivity contribution in [2.24, 2.45) is 0 Å². The highest BCUT2D eigenvalue weighted by Gasteiger charge is 2.19. The summed E-state index contributed by atoms with van der Waals surface area (Å²) in [6, 6.07) is 2.36. The highest BCUT2D eigenvalue weighted by Crippen LogP contribution is 2.36. The fourth-order valence-corrected chi connectivity index (χ4v) is 3.07. The third-order valence-corrected chi connectivity index (χ3v) is 4.09. The number of nitro groups is 1. The Labute approximate surface area is 116 Å². The van der Waals surface area contributed by atoms with Gasteiger partial charge >= 0.3 is 0 Å². The number of alkyl halides is 1. The second-order valence-electron chi connectivity index (χ2n) is 3.40. The Kier molecular flexibility index (Phi) is 5.69. The molecule has 1 rings (SSSR count). The van der Waals surface area contributed by atoms with Crippen LogP contribution in [0.1, 0.15) is 13.3 Å². The van der Waals surface area contributed by atoms with Crippen LogP contribution in [0.15, 0.2) is 21.5 Å². The Bertz CT molecular complexity index is 433. The van der Waals surface area contributed by atoms with Gasteiger partial charge in [-0.25, -0.2) is 4.39 Å². The maximum atomic E-state index is 13.4. The molecule has 0 saturated carbocycles. The van der Waals surface area contributed by atoms with Gasteiger partial charge in [-0.3, -0.25) is 10.1 Å². The van der Waals surface area contributed by atoms with Crippen LogP contribution in [0.2, 0.25) is 0 Å². The molecule has 0 saturated heterocycles. The van der Waals surface area contributed by atoms with Gasteiger partial charge in [0.2, 0.25) is 0 Å². The van der Waals surface area contributed by atoms with E-state index in [1.165, 1.54) is 23.9 Å². The van der Waals surface area contributed by atoms with Gasteiger partial charge in [-0.05, 0) is 28.4 Å². The Morgan fingerprint density at radius 1 is 1.65 bits per heavy atom. The molecule has 0 aliphatic heterocycles. The first kappa shape index (κ1) is 14.7. The van der Waals surface area contributed by atoms with Gasteiger partial charge < -0.3 is 0 Å². The molecular formula is C10H10BrClFNO2S. The number of hydrogen-bond acceptors (Lipinski definition) is 3. The van der Waals surface area contributed by atoms with Gasteiger partial charge in [0.1, 0.15) is 5.82 Å². The smallest absolute Gasteiger partial charge is 0.258 e. The van der Waals surface area contributed by atoms with E-state index < -0.39 is 10.7 Å². The molecule has 0 fully saturated rings. The summed E-state index contributed by atoms with van der Waals surface area (Å²) in [5, 5.41) is 11.0. The zero-order valence-electron chi connectivity index (χ0n) is 8.95. The summed E-state index contributed by atoms with van der Waals surface area (Å²) in [5.41, 5.74) is -0.0929. The third-order valence-electron chi connectivity index (χ3n) is 2.04. The minimum Gasteiger partial charge on any atom is -0.258 e. The van der Waals surface area contributed by atoms with Gasteiger partial charge in [-0.1, -0.05) is 6.92 Å². The van der Waals surface area contributed by atoms with Crippen LogP contribution in [0.5, 0.6) is 0 Å².